The molecular weight excluding hydrogens is 180 g/mol. The predicted octanol–water partition coefficient (Wildman–Crippen LogP) is -4.96. The first-order valence-electron chi connectivity index (χ1n) is 3.52. The molecule has 64 valence electrons. The van der Waals surface area contributed by atoms with Crippen molar-refractivity contribution in [3.8, 4) is 0 Å². The van der Waals surface area contributed by atoms with Crippen LogP contribution < -0.4 is 5.32 Å². The molecule has 0 saturated carbocycles. The van der Waals surface area contributed by atoms with Gasteiger partial charge in [0.25, 0.3) is 0 Å². The van der Waals surface area contributed by atoms with Gasteiger partial charge in [0.05, 0.1) is 31.4 Å². The monoisotopic (exact) mass is 185 g/mol. The van der Waals surface area contributed by atoms with Crippen molar-refractivity contribution in [1.29, 1.82) is 0 Å². The summed E-state index contributed by atoms with van der Waals surface area (Å²) in [6.45, 7) is 0. The molecule has 5 nitrogen and oxygen atoms in total. The highest BCUT2D eigenvalue weighted by atomic mass is 16.8. The molecule has 0 bridgehead atoms. The molecule has 1 aliphatic rings. The van der Waals surface area contributed by atoms with Gasteiger partial charge in [-0.3, -0.25) is 0 Å². The van der Waals surface area contributed by atoms with Crippen LogP contribution in [-0.2, 0) is 4.74 Å². The smallest absolute Gasteiger partial charge is 0.311 e. The molecule has 10 heteroatoms. The second-order valence-corrected chi connectivity index (χ2v) is 3.26. The van der Waals surface area contributed by atoms with E-state index in [1.165, 1.54) is 0 Å². The summed E-state index contributed by atoms with van der Waals surface area (Å²) in [4.78, 5) is 0. The first-order valence-corrected chi connectivity index (χ1v) is 3.52. The Labute approximate surface area is 87.6 Å². The Morgan fingerprint density at radius 1 is 0.929 bits per heavy atom. The van der Waals surface area contributed by atoms with Crippen LogP contribution in [0.2, 0.25) is 0 Å². The number of nitrogens with one attached hydrogen (secondary N) is 1. The van der Waals surface area contributed by atoms with E-state index in [1.807, 2.05) is 5.32 Å². The van der Waals surface area contributed by atoms with Crippen molar-refractivity contribution in [3.05, 3.63) is 0 Å². The summed E-state index contributed by atoms with van der Waals surface area (Å²) in [5, 5.41) is 24.8. The summed E-state index contributed by atoms with van der Waals surface area (Å²) in [5.74, 6) is -3.22. The van der Waals surface area contributed by atoms with Crippen molar-refractivity contribution in [2.24, 2.45) is 0 Å². The van der Waals surface area contributed by atoms with E-state index in [4.69, 9.17) is 49.4 Å². The summed E-state index contributed by atoms with van der Waals surface area (Å²) < 4.78 is 4.27. The van der Waals surface area contributed by atoms with Crippen molar-refractivity contribution in [2.45, 2.75) is 22.3 Å². The van der Waals surface area contributed by atoms with Crippen LogP contribution in [0.15, 0.2) is 0 Å². The van der Waals surface area contributed by atoms with Gasteiger partial charge in [-0.25, -0.2) is 0 Å². The summed E-state index contributed by atoms with van der Waals surface area (Å²) >= 11 is 0. The van der Waals surface area contributed by atoms with Gasteiger partial charge in [0.1, 0.15) is 13.5 Å². The lowest BCUT2D eigenvalue weighted by Crippen LogP contribution is -2.84. The topological polar surface area (TPSA) is 82.0 Å². The maximum atomic E-state index is 9.24. The van der Waals surface area contributed by atoms with Crippen LogP contribution in [-0.4, -0.2) is 76.9 Å². The number of rotatable bonds is 0. The number of hydrogen-bond acceptors (Lipinski definition) is 5. The standard InChI is InChI=1S/C4H4B5NO4/c5-1(6)2(7,8)14-4(12,13)3(9,11)10-1/h10-13H. The highest BCUT2D eigenvalue weighted by Crippen LogP contribution is 2.31. The van der Waals surface area contributed by atoms with Crippen LogP contribution >= 0.6 is 0 Å². The molecule has 0 spiro atoms. The first kappa shape index (κ1) is 12.2. The molecule has 1 rings (SSSR count). The van der Waals surface area contributed by atoms with E-state index in [0.717, 1.165) is 0 Å². The third kappa shape index (κ3) is 1.65. The average Bonchev–Trinajstić information content (AvgIpc) is 1.78. The lowest BCUT2D eigenvalue weighted by Gasteiger charge is -2.58. The predicted molar refractivity (Wildman–Crippen MR) is 50.6 cm³/mol. The van der Waals surface area contributed by atoms with E-state index in [0.29, 0.717) is 0 Å². The summed E-state index contributed by atoms with van der Waals surface area (Å²) in [6.07, 6.45) is 0. The highest BCUT2D eigenvalue weighted by molar-refractivity contribution is 6.54. The zero-order chi connectivity index (χ0) is 11.4. The molecule has 1 heterocycles. The molecule has 0 aromatic carbocycles. The van der Waals surface area contributed by atoms with Gasteiger partial charge in [-0.15, -0.1) is 0 Å². The van der Waals surface area contributed by atoms with E-state index in [1.54, 1.807) is 0 Å². The molecule has 1 saturated heterocycles. The Bertz CT molecular complexity index is 204. The van der Waals surface area contributed by atoms with Gasteiger partial charge in [-0.05, 0) is 10.7 Å². The van der Waals surface area contributed by atoms with Crippen LogP contribution in [0.5, 0.6) is 0 Å². The third-order valence-corrected chi connectivity index (χ3v) is 1.85. The molecule has 0 aliphatic carbocycles. The van der Waals surface area contributed by atoms with Gasteiger partial charge in [0, 0.05) is 0 Å². The summed E-state index contributed by atoms with van der Waals surface area (Å²) in [7, 11) is 26.0. The van der Waals surface area contributed by atoms with Crippen molar-refractivity contribution in [1.82, 2.24) is 5.32 Å². The van der Waals surface area contributed by atoms with Crippen LogP contribution in [0, 0.1) is 0 Å². The van der Waals surface area contributed by atoms with Crippen molar-refractivity contribution >= 4 is 39.2 Å². The average molecular weight is 184 g/mol. The van der Waals surface area contributed by atoms with Crippen LogP contribution in [0.4, 0.5) is 0 Å². The minimum atomic E-state index is -3.22. The Morgan fingerprint density at radius 2 is 1.36 bits per heavy atom. The number of morpholine rings is 1. The molecule has 1 atom stereocenters. The molecule has 1 unspecified atom stereocenters. The summed E-state index contributed by atoms with van der Waals surface area (Å²) in [6, 6.07) is 0. The molecule has 10 radical (unpaired) electrons. The van der Waals surface area contributed by atoms with Gasteiger partial charge < -0.3 is 25.4 Å². The minimum Gasteiger partial charge on any atom is -0.377 e. The van der Waals surface area contributed by atoms with Gasteiger partial charge >= 0.3 is 5.97 Å². The molecule has 4 N–H and O–H groups in total. The largest absolute Gasteiger partial charge is 0.377 e. The Kier molecular flexibility index (Phi) is 2.46. The maximum absolute atomic E-state index is 9.24. The first-order chi connectivity index (χ1) is 5.91. The lowest BCUT2D eigenvalue weighted by molar-refractivity contribution is -0.424. The third-order valence-electron chi connectivity index (χ3n) is 1.85. The maximum Gasteiger partial charge on any atom is 0.311 e. The van der Waals surface area contributed by atoms with Gasteiger partial charge in [0.2, 0.25) is 0 Å². The highest BCUT2D eigenvalue weighted by Gasteiger charge is 2.58. The number of aliphatic hydroxyl groups is 3. The van der Waals surface area contributed by atoms with Crippen LogP contribution in [0.3, 0.4) is 0 Å². The van der Waals surface area contributed by atoms with E-state index < -0.39 is 22.3 Å². The van der Waals surface area contributed by atoms with Gasteiger partial charge in [-0.1, -0.05) is 0 Å². The van der Waals surface area contributed by atoms with E-state index in [9.17, 15) is 5.11 Å². The van der Waals surface area contributed by atoms with E-state index >= 15 is 0 Å². The molecular formula is C4H4B5NO4. The second kappa shape index (κ2) is 2.83. The number of hydrogen-bond donors (Lipinski definition) is 4. The Morgan fingerprint density at radius 3 is 1.71 bits per heavy atom. The van der Waals surface area contributed by atoms with Crippen LogP contribution in [0.25, 0.3) is 0 Å². The quantitative estimate of drug-likeness (QED) is 0.224. The van der Waals surface area contributed by atoms with Crippen molar-refractivity contribution in [3.63, 3.8) is 0 Å². The Balaban J connectivity index is 3.07. The molecule has 14 heavy (non-hydrogen) atoms. The lowest BCUT2D eigenvalue weighted by atomic mass is 9.38. The minimum absolute atomic E-state index is 1.83. The number of ether oxygens (including phenoxy) is 1. The fourth-order valence-electron chi connectivity index (χ4n) is 0.892. The van der Waals surface area contributed by atoms with Crippen molar-refractivity contribution < 1.29 is 20.1 Å². The molecule has 0 aromatic rings. The fourth-order valence-corrected chi connectivity index (χ4v) is 0.892. The van der Waals surface area contributed by atoms with Gasteiger partial charge in [-0.2, -0.15) is 0 Å². The summed E-state index contributed by atoms with van der Waals surface area (Å²) in [5.41, 5.74) is -2.81. The second-order valence-electron chi connectivity index (χ2n) is 3.26. The molecule has 1 aliphatic heterocycles. The zero-order valence-corrected chi connectivity index (χ0v) is 7.14. The van der Waals surface area contributed by atoms with E-state index in [-0.39, 0.29) is 0 Å². The Hall–Kier alpha value is 0.125. The van der Waals surface area contributed by atoms with Gasteiger partial charge in [0.15, 0.2) is 0 Å². The molecule has 0 aromatic heterocycles. The van der Waals surface area contributed by atoms with E-state index in [2.05, 4.69) is 4.74 Å². The SMILES string of the molecule is [B]C1([B])NC([B])(O)C(O)(O)OC1([B])[B]. The fraction of sp³-hybridized carbons (Fsp3) is 1.00. The molecule has 1 fully saturated rings. The normalized spacial score (nSPS) is 39.1. The van der Waals surface area contributed by atoms with Crippen LogP contribution in [0.1, 0.15) is 0 Å². The zero-order valence-electron chi connectivity index (χ0n) is 7.14. The molecule has 0 amide bonds. The van der Waals surface area contributed by atoms with Crippen molar-refractivity contribution in [2.75, 3.05) is 0 Å².